The normalized spacial score (nSPS) is 11.2. The summed E-state index contributed by atoms with van der Waals surface area (Å²) in [6.07, 6.45) is -4.44. The number of hydrogen-bond acceptors (Lipinski definition) is 4. The molecule has 0 saturated carbocycles. The first-order valence-electron chi connectivity index (χ1n) is 7.46. The number of para-hydroxylation sites is 2. The summed E-state index contributed by atoms with van der Waals surface area (Å²) in [5, 5.41) is 13.8. The van der Waals surface area contributed by atoms with E-state index in [1.807, 2.05) is 6.07 Å². The number of halogens is 3. The van der Waals surface area contributed by atoms with Crippen LogP contribution in [0.1, 0.15) is 11.1 Å². The van der Waals surface area contributed by atoms with Crippen LogP contribution in [0.2, 0.25) is 0 Å². The van der Waals surface area contributed by atoms with Crippen molar-refractivity contribution in [1.82, 2.24) is 9.78 Å². The third kappa shape index (κ3) is 2.95. The van der Waals surface area contributed by atoms with Crippen molar-refractivity contribution in [3.8, 4) is 28.8 Å². The molecule has 0 aliphatic rings. The lowest BCUT2D eigenvalue weighted by atomic mass is 10.1. The zero-order valence-corrected chi connectivity index (χ0v) is 13.6. The van der Waals surface area contributed by atoms with E-state index in [0.29, 0.717) is 17.0 Å². The number of anilines is 1. The Morgan fingerprint density at radius 2 is 1.77 bits per heavy atom. The first-order chi connectivity index (χ1) is 12.4. The molecule has 0 saturated heterocycles. The van der Waals surface area contributed by atoms with Gasteiger partial charge in [0.25, 0.3) is 0 Å². The predicted molar refractivity (Wildman–Crippen MR) is 89.7 cm³/mol. The number of hydrogen-bond donors (Lipinski definition) is 1. The highest BCUT2D eigenvalue weighted by molar-refractivity contribution is 5.74. The van der Waals surface area contributed by atoms with Crippen LogP contribution in [0.4, 0.5) is 19.0 Å². The number of nitrogens with zero attached hydrogens (tertiary/aromatic N) is 3. The Morgan fingerprint density at radius 1 is 1.12 bits per heavy atom. The van der Waals surface area contributed by atoms with Gasteiger partial charge in [-0.1, -0.05) is 24.3 Å². The second-order valence-electron chi connectivity index (χ2n) is 5.38. The van der Waals surface area contributed by atoms with Crippen LogP contribution in [-0.2, 0) is 6.18 Å². The van der Waals surface area contributed by atoms with Crippen LogP contribution in [0, 0.1) is 11.3 Å². The lowest BCUT2D eigenvalue weighted by Crippen LogP contribution is -2.04. The molecular formula is C18H13F3N4O. The molecule has 1 aromatic heterocycles. The van der Waals surface area contributed by atoms with Crippen LogP contribution in [0.5, 0.6) is 5.75 Å². The highest BCUT2D eigenvalue weighted by atomic mass is 19.4. The molecule has 0 spiro atoms. The lowest BCUT2D eigenvalue weighted by molar-refractivity contribution is -0.137. The van der Waals surface area contributed by atoms with Crippen molar-refractivity contribution in [3.63, 3.8) is 0 Å². The Labute approximate surface area is 147 Å². The molecule has 132 valence electrons. The minimum Gasteiger partial charge on any atom is -0.494 e. The molecule has 2 N–H and O–H groups in total. The van der Waals surface area contributed by atoms with Crippen molar-refractivity contribution in [2.75, 3.05) is 12.8 Å². The van der Waals surface area contributed by atoms with Crippen molar-refractivity contribution < 1.29 is 17.9 Å². The van der Waals surface area contributed by atoms with Crippen LogP contribution in [0.25, 0.3) is 16.9 Å². The SMILES string of the molecule is COc1ccccc1-n1nc(-c2ccc(C(F)(F)F)cc2)c(C#N)c1N. The van der Waals surface area contributed by atoms with Crippen molar-refractivity contribution in [3.05, 3.63) is 59.7 Å². The van der Waals surface area contributed by atoms with E-state index >= 15 is 0 Å². The van der Waals surface area contributed by atoms with Gasteiger partial charge in [0.15, 0.2) is 0 Å². The number of rotatable bonds is 3. The highest BCUT2D eigenvalue weighted by Gasteiger charge is 2.30. The quantitative estimate of drug-likeness (QED) is 0.767. The van der Waals surface area contributed by atoms with Crippen molar-refractivity contribution >= 4 is 5.82 Å². The standard InChI is InChI=1S/C18H13F3N4O/c1-26-15-5-3-2-4-14(15)25-17(23)13(10-22)16(24-25)11-6-8-12(9-7-11)18(19,20)21/h2-9H,23H2,1H3. The lowest BCUT2D eigenvalue weighted by Gasteiger charge is -2.09. The van der Waals surface area contributed by atoms with E-state index in [2.05, 4.69) is 5.10 Å². The maximum Gasteiger partial charge on any atom is 0.416 e. The maximum absolute atomic E-state index is 12.7. The second kappa shape index (κ2) is 6.44. The number of methoxy groups -OCH3 is 1. The number of ether oxygens (including phenoxy) is 1. The number of alkyl halides is 3. The minimum absolute atomic E-state index is 0.0758. The predicted octanol–water partition coefficient (Wildman–Crippen LogP) is 4.02. The second-order valence-corrected chi connectivity index (χ2v) is 5.38. The summed E-state index contributed by atoms with van der Waals surface area (Å²) < 4.78 is 44.8. The van der Waals surface area contributed by atoms with Gasteiger partial charge in [-0.3, -0.25) is 0 Å². The Balaban J connectivity index is 2.14. The Bertz CT molecular complexity index is 985. The number of nitriles is 1. The molecule has 0 bridgehead atoms. The van der Waals surface area contributed by atoms with Gasteiger partial charge < -0.3 is 10.5 Å². The number of nitrogens with two attached hydrogens (primary N) is 1. The van der Waals surface area contributed by atoms with Crippen LogP contribution in [0.15, 0.2) is 48.5 Å². The van der Waals surface area contributed by atoms with Gasteiger partial charge in [0.2, 0.25) is 0 Å². The highest BCUT2D eigenvalue weighted by Crippen LogP contribution is 2.34. The van der Waals surface area contributed by atoms with Gasteiger partial charge in [0.1, 0.15) is 34.6 Å². The molecule has 2 aromatic carbocycles. The Kier molecular flexibility index (Phi) is 4.30. The summed E-state index contributed by atoms with van der Waals surface area (Å²) in [6.45, 7) is 0. The van der Waals surface area contributed by atoms with E-state index in [1.165, 1.54) is 23.9 Å². The molecule has 1 heterocycles. The van der Waals surface area contributed by atoms with E-state index in [0.717, 1.165) is 12.1 Å². The van der Waals surface area contributed by atoms with Crippen molar-refractivity contribution in [2.45, 2.75) is 6.18 Å². The molecule has 3 aromatic rings. The molecule has 5 nitrogen and oxygen atoms in total. The number of benzene rings is 2. The molecule has 0 fully saturated rings. The largest absolute Gasteiger partial charge is 0.494 e. The number of nitrogen functional groups attached to an aromatic ring is 1. The summed E-state index contributed by atoms with van der Waals surface area (Å²) in [6, 6.07) is 13.3. The number of aromatic nitrogens is 2. The van der Waals surface area contributed by atoms with Crippen LogP contribution in [-0.4, -0.2) is 16.9 Å². The Morgan fingerprint density at radius 3 is 2.35 bits per heavy atom. The maximum atomic E-state index is 12.7. The van der Waals surface area contributed by atoms with E-state index < -0.39 is 11.7 Å². The fourth-order valence-electron chi connectivity index (χ4n) is 2.55. The van der Waals surface area contributed by atoms with Gasteiger partial charge in [0, 0.05) is 5.56 Å². The minimum atomic E-state index is -4.44. The monoisotopic (exact) mass is 358 g/mol. The van der Waals surface area contributed by atoms with Gasteiger partial charge in [-0.05, 0) is 24.3 Å². The van der Waals surface area contributed by atoms with Crippen LogP contribution in [0.3, 0.4) is 0 Å². The molecule has 0 amide bonds. The van der Waals surface area contributed by atoms with Gasteiger partial charge in [-0.15, -0.1) is 0 Å². The molecule has 26 heavy (non-hydrogen) atoms. The summed E-state index contributed by atoms with van der Waals surface area (Å²) in [4.78, 5) is 0. The zero-order chi connectivity index (χ0) is 18.9. The summed E-state index contributed by atoms with van der Waals surface area (Å²) in [5.74, 6) is 0.567. The summed E-state index contributed by atoms with van der Waals surface area (Å²) in [7, 11) is 1.49. The van der Waals surface area contributed by atoms with Crippen molar-refractivity contribution in [1.29, 1.82) is 5.26 Å². The third-order valence-electron chi connectivity index (χ3n) is 3.83. The average Bonchev–Trinajstić information content (AvgIpc) is 2.97. The van der Waals surface area contributed by atoms with Gasteiger partial charge >= 0.3 is 6.18 Å². The molecule has 8 heteroatoms. The Hall–Kier alpha value is -3.47. The first-order valence-corrected chi connectivity index (χ1v) is 7.46. The summed E-state index contributed by atoms with van der Waals surface area (Å²) in [5.41, 5.74) is 6.42. The topological polar surface area (TPSA) is 76.9 Å². The molecular weight excluding hydrogens is 345 g/mol. The van der Waals surface area contributed by atoms with Crippen molar-refractivity contribution in [2.24, 2.45) is 0 Å². The fourth-order valence-corrected chi connectivity index (χ4v) is 2.55. The van der Waals surface area contributed by atoms with Crippen LogP contribution >= 0.6 is 0 Å². The molecule has 0 unspecified atom stereocenters. The first kappa shape index (κ1) is 17.4. The molecule has 0 atom stereocenters. The average molecular weight is 358 g/mol. The van der Waals surface area contributed by atoms with Gasteiger partial charge in [-0.2, -0.15) is 23.5 Å². The summed E-state index contributed by atoms with van der Waals surface area (Å²) >= 11 is 0. The van der Waals surface area contributed by atoms with Crippen LogP contribution < -0.4 is 10.5 Å². The zero-order valence-electron chi connectivity index (χ0n) is 13.6. The molecule has 0 aliphatic heterocycles. The van der Waals surface area contributed by atoms with E-state index in [-0.39, 0.29) is 17.1 Å². The smallest absolute Gasteiger partial charge is 0.416 e. The van der Waals surface area contributed by atoms with E-state index in [4.69, 9.17) is 10.5 Å². The molecule has 0 radical (unpaired) electrons. The molecule has 3 rings (SSSR count). The third-order valence-corrected chi connectivity index (χ3v) is 3.83. The van der Waals surface area contributed by atoms with Gasteiger partial charge in [-0.25, -0.2) is 4.68 Å². The van der Waals surface area contributed by atoms with Gasteiger partial charge in [0.05, 0.1) is 12.7 Å². The molecule has 0 aliphatic carbocycles. The van der Waals surface area contributed by atoms with E-state index in [1.54, 1.807) is 24.3 Å². The van der Waals surface area contributed by atoms with E-state index in [9.17, 15) is 18.4 Å². The fraction of sp³-hybridized carbons (Fsp3) is 0.111.